The van der Waals surface area contributed by atoms with Gasteiger partial charge in [-0.3, -0.25) is 0 Å². The molecule has 1 heterocycles. The lowest BCUT2D eigenvalue weighted by molar-refractivity contribution is 0.901. The molecule has 0 aromatic carbocycles. The number of allylic oxidation sites excluding steroid dienone is 4. The molecule has 1 nitrogen and oxygen atoms in total. The van der Waals surface area contributed by atoms with Crippen molar-refractivity contribution in [2.75, 3.05) is 0 Å². The third-order valence-electron chi connectivity index (χ3n) is 2.65. The van der Waals surface area contributed by atoms with Crippen molar-refractivity contribution in [3.8, 4) is 0 Å². The van der Waals surface area contributed by atoms with Crippen LogP contribution in [0.5, 0.6) is 0 Å². The number of nitrogens with zero attached hydrogens (tertiary/aromatic N) is 1. The Morgan fingerprint density at radius 1 is 1.14 bits per heavy atom. The summed E-state index contributed by atoms with van der Waals surface area (Å²) in [5.41, 5.74) is 5.29. The molecular formula is C13H16N. The first-order chi connectivity index (χ1) is 6.86. The fourth-order valence-corrected chi connectivity index (χ4v) is 2.04. The number of aliphatic imine (C=N–C) groups is 1. The second-order valence-corrected chi connectivity index (χ2v) is 3.82. The van der Waals surface area contributed by atoms with E-state index in [-0.39, 0.29) is 0 Å². The van der Waals surface area contributed by atoms with Crippen LogP contribution in [0.3, 0.4) is 0 Å². The zero-order valence-corrected chi connectivity index (χ0v) is 8.93. The van der Waals surface area contributed by atoms with Crippen molar-refractivity contribution >= 4 is 6.21 Å². The largest absolute Gasteiger partial charge is 0.246 e. The molecule has 0 saturated carbocycles. The summed E-state index contributed by atoms with van der Waals surface area (Å²) in [5, 5.41) is 0. The first kappa shape index (κ1) is 9.45. The van der Waals surface area contributed by atoms with Crippen LogP contribution in [0, 0.1) is 0 Å². The first-order valence-corrected chi connectivity index (χ1v) is 5.48. The van der Waals surface area contributed by atoms with Crippen molar-refractivity contribution in [3.05, 3.63) is 34.6 Å². The predicted octanol–water partition coefficient (Wildman–Crippen LogP) is 3.67. The van der Waals surface area contributed by atoms with Gasteiger partial charge in [0, 0.05) is 5.57 Å². The third-order valence-corrected chi connectivity index (χ3v) is 2.65. The van der Waals surface area contributed by atoms with Crippen LogP contribution in [0.4, 0.5) is 0 Å². The fourth-order valence-electron chi connectivity index (χ4n) is 2.04. The Hall–Kier alpha value is -1.11. The van der Waals surface area contributed by atoms with Gasteiger partial charge in [0.2, 0.25) is 0 Å². The summed E-state index contributed by atoms with van der Waals surface area (Å²) >= 11 is 0. The maximum absolute atomic E-state index is 4.32. The molecule has 0 saturated heterocycles. The van der Waals surface area contributed by atoms with E-state index in [0.717, 1.165) is 12.1 Å². The molecule has 0 spiro atoms. The van der Waals surface area contributed by atoms with Crippen molar-refractivity contribution in [2.24, 2.45) is 4.99 Å². The van der Waals surface area contributed by atoms with Crippen LogP contribution in [0.1, 0.15) is 39.5 Å². The van der Waals surface area contributed by atoms with Crippen molar-refractivity contribution < 1.29 is 0 Å². The summed E-state index contributed by atoms with van der Waals surface area (Å²) in [6.45, 7) is 4.42. The molecule has 2 aliphatic rings. The summed E-state index contributed by atoms with van der Waals surface area (Å²) in [4.78, 5) is 4.32. The molecule has 0 fully saturated rings. The molecule has 73 valence electrons. The molecule has 2 rings (SSSR count). The SMILES string of the molecule is CCCC1=CC=C2N=[C]C(CCC)=C12. The zero-order chi connectivity index (χ0) is 9.97. The highest BCUT2D eigenvalue weighted by molar-refractivity contribution is 5.89. The highest BCUT2D eigenvalue weighted by atomic mass is 14.8. The Labute approximate surface area is 85.9 Å². The molecule has 0 N–H and O–H groups in total. The number of rotatable bonds is 4. The Morgan fingerprint density at radius 3 is 2.64 bits per heavy atom. The van der Waals surface area contributed by atoms with Gasteiger partial charge in [-0.05, 0) is 30.1 Å². The topological polar surface area (TPSA) is 12.4 Å². The smallest absolute Gasteiger partial charge is 0.0935 e. The molecule has 0 aromatic rings. The lowest BCUT2D eigenvalue weighted by Gasteiger charge is -2.06. The van der Waals surface area contributed by atoms with Gasteiger partial charge in [-0.25, -0.2) is 4.99 Å². The van der Waals surface area contributed by atoms with E-state index in [4.69, 9.17) is 0 Å². The van der Waals surface area contributed by atoms with Crippen molar-refractivity contribution in [1.29, 1.82) is 0 Å². The Balaban J connectivity index is 2.25. The summed E-state index contributed by atoms with van der Waals surface area (Å²) in [6.07, 6.45) is 12.1. The lowest BCUT2D eigenvalue weighted by Crippen LogP contribution is -1.91. The van der Waals surface area contributed by atoms with E-state index >= 15 is 0 Å². The summed E-state index contributed by atoms with van der Waals surface area (Å²) in [5.74, 6) is 0. The van der Waals surface area contributed by atoms with Gasteiger partial charge < -0.3 is 0 Å². The summed E-state index contributed by atoms with van der Waals surface area (Å²) in [7, 11) is 0. The van der Waals surface area contributed by atoms with Crippen LogP contribution in [0.15, 0.2) is 39.6 Å². The van der Waals surface area contributed by atoms with E-state index in [9.17, 15) is 0 Å². The molecule has 0 bridgehead atoms. The van der Waals surface area contributed by atoms with Gasteiger partial charge >= 0.3 is 0 Å². The van der Waals surface area contributed by atoms with E-state index in [1.807, 2.05) is 0 Å². The zero-order valence-electron chi connectivity index (χ0n) is 8.93. The van der Waals surface area contributed by atoms with Gasteiger partial charge in [0.25, 0.3) is 0 Å². The van der Waals surface area contributed by atoms with Crippen LogP contribution < -0.4 is 0 Å². The highest BCUT2D eigenvalue weighted by Crippen LogP contribution is 2.36. The second kappa shape index (κ2) is 3.95. The third kappa shape index (κ3) is 1.47. The van der Waals surface area contributed by atoms with E-state index in [2.05, 4.69) is 37.2 Å². The quantitative estimate of drug-likeness (QED) is 0.635. The van der Waals surface area contributed by atoms with Crippen LogP contribution in [0.2, 0.25) is 0 Å². The van der Waals surface area contributed by atoms with Crippen LogP contribution in [-0.4, -0.2) is 6.21 Å². The highest BCUT2D eigenvalue weighted by Gasteiger charge is 2.22. The molecule has 14 heavy (non-hydrogen) atoms. The van der Waals surface area contributed by atoms with Gasteiger partial charge in [-0.15, -0.1) is 0 Å². The summed E-state index contributed by atoms with van der Waals surface area (Å²) < 4.78 is 0. The van der Waals surface area contributed by atoms with Crippen molar-refractivity contribution in [1.82, 2.24) is 0 Å². The average Bonchev–Trinajstić information content (AvgIpc) is 2.72. The van der Waals surface area contributed by atoms with E-state index in [1.54, 1.807) is 0 Å². The molecule has 0 amide bonds. The predicted molar refractivity (Wildman–Crippen MR) is 60.4 cm³/mol. The molecule has 0 aromatic heterocycles. The minimum atomic E-state index is 1.11. The molecular weight excluding hydrogens is 170 g/mol. The molecule has 0 atom stereocenters. The number of fused-ring (bicyclic) bond motifs is 1. The maximum atomic E-state index is 4.32. The van der Waals surface area contributed by atoms with Gasteiger partial charge in [0.1, 0.15) is 0 Å². The Bertz CT molecular complexity index is 353. The average molecular weight is 186 g/mol. The van der Waals surface area contributed by atoms with Crippen molar-refractivity contribution in [3.63, 3.8) is 0 Å². The molecule has 0 unspecified atom stereocenters. The maximum Gasteiger partial charge on any atom is 0.0935 e. The minimum Gasteiger partial charge on any atom is -0.246 e. The molecule has 1 aliphatic carbocycles. The molecule has 1 radical (unpaired) electrons. The monoisotopic (exact) mass is 186 g/mol. The van der Waals surface area contributed by atoms with Crippen LogP contribution in [-0.2, 0) is 0 Å². The van der Waals surface area contributed by atoms with Gasteiger partial charge in [0.05, 0.1) is 11.9 Å². The molecule has 1 heteroatoms. The standard InChI is InChI=1S/C13H16N/c1-3-5-10-7-8-12-13(10)11(6-4-2)9-14-12/h7-8H,3-6H2,1-2H3. The first-order valence-electron chi connectivity index (χ1n) is 5.48. The minimum absolute atomic E-state index is 1.11. The fraction of sp³-hybridized carbons (Fsp3) is 0.462. The Kier molecular flexibility index (Phi) is 2.67. The molecule has 1 aliphatic heterocycles. The lowest BCUT2D eigenvalue weighted by atomic mass is 9.97. The van der Waals surface area contributed by atoms with Crippen LogP contribution >= 0.6 is 0 Å². The van der Waals surface area contributed by atoms with E-state index < -0.39 is 0 Å². The van der Waals surface area contributed by atoms with Gasteiger partial charge in [-0.1, -0.05) is 32.8 Å². The number of hydrogen-bond acceptors (Lipinski definition) is 1. The van der Waals surface area contributed by atoms with Crippen LogP contribution in [0.25, 0.3) is 0 Å². The van der Waals surface area contributed by atoms with Gasteiger partial charge in [-0.2, -0.15) is 0 Å². The van der Waals surface area contributed by atoms with E-state index in [0.29, 0.717) is 0 Å². The number of hydrogen-bond donors (Lipinski definition) is 0. The van der Waals surface area contributed by atoms with Gasteiger partial charge in [0.15, 0.2) is 0 Å². The Morgan fingerprint density at radius 2 is 1.93 bits per heavy atom. The normalized spacial score (nSPS) is 18.7. The van der Waals surface area contributed by atoms with Crippen molar-refractivity contribution in [2.45, 2.75) is 39.5 Å². The second-order valence-electron chi connectivity index (χ2n) is 3.82. The summed E-state index contributed by atoms with van der Waals surface area (Å²) in [6, 6.07) is 0. The van der Waals surface area contributed by atoms with E-state index in [1.165, 1.54) is 36.0 Å².